The van der Waals surface area contributed by atoms with E-state index in [1.54, 1.807) is 0 Å². The normalized spacial score (nSPS) is 36.2. The molecule has 0 aromatic carbocycles. The van der Waals surface area contributed by atoms with Gasteiger partial charge in [0.15, 0.2) is 0 Å². The highest BCUT2D eigenvalue weighted by atomic mass is 16.6. The van der Waals surface area contributed by atoms with Gasteiger partial charge in [-0.05, 0) is 13.8 Å². The first kappa shape index (κ1) is 9.92. The van der Waals surface area contributed by atoms with Crippen LogP contribution in [0.1, 0.15) is 13.8 Å². The Bertz CT molecular complexity index is 137. The molecule has 0 saturated carbocycles. The van der Waals surface area contributed by atoms with Gasteiger partial charge in [0.2, 0.25) is 0 Å². The number of rotatable bonds is 3. The van der Waals surface area contributed by atoms with E-state index in [0.29, 0.717) is 6.61 Å². The molecule has 2 N–H and O–H groups in total. The Labute approximate surface area is 72.1 Å². The molecule has 1 fully saturated rings. The van der Waals surface area contributed by atoms with E-state index in [0.717, 1.165) is 0 Å². The summed E-state index contributed by atoms with van der Waals surface area (Å²) < 4.78 is 10.5. The first-order valence-corrected chi connectivity index (χ1v) is 4.21. The Morgan fingerprint density at radius 2 is 2.25 bits per heavy atom. The molecule has 1 saturated heterocycles. The van der Waals surface area contributed by atoms with Crippen molar-refractivity contribution in [2.45, 2.75) is 38.3 Å². The van der Waals surface area contributed by atoms with Gasteiger partial charge >= 0.3 is 0 Å². The molecule has 1 heterocycles. The average molecular weight is 176 g/mol. The second-order valence-electron chi connectivity index (χ2n) is 3.27. The fourth-order valence-electron chi connectivity index (χ4n) is 1.29. The Kier molecular flexibility index (Phi) is 3.46. The largest absolute Gasteiger partial charge is 0.394 e. The molecule has 1 aliphatic heterocycles. The molecule has 0 radical (unpaired) electrons. The van der Waals surface area contributed by atoms with Crippen LogP contribution in [0.25, 0.3) is 0 Å². The quantitative estimate of drug-likeness (QED) is 0.610. The Hall–Kier alpha value is -0.160. The molecule has 1 aliphatic rings. The molecule has 4 heteroatoms. The van der Waals surface area contributed by atoms with Crippen LogP contribution in [-0.4, -0.2) is 47.8 Å². The molecule has 1 rings (SSSR count). The zero-order chi connectivity index (χ0) is 9.14. The Morgan fingerprint density at radius 1 is 1.58 bits per heavy atom. The van der Waals surface area contributed by atoms with Gasteiger partial charge in [0.25, 0.3) is 0 Å². The van der Waals surface area contributed by atoms with Crippen LogP contribution in [0.2, 0.25) is 0 Å². The number of aliphatic hydroxyl groups excluding tert-OH is 2. The van der Waals surface area contributed by atoms with Gasteiger partial charge in [-0.2, -0.15) is 0 Å². The van der Waals surface area contributed by atoms with E-state index in [1.165, 1.54) is 0 Å². The SMILES string of the molecule is CC(C)O[C@H]1CO[C@H](CO)[C@H]1O. The van der Waals surface area contributed by atoms with Gasteiger partial charge in [-0.15, -0.1) is 0 Å². The second-order valence-corrected chi connectivity index (χ2v) is 3.27. The first-order chi connectivity index (χ1) is 5.65. The standard InChI is InChI=1S/C8H16O4/c1-5(2)12-7-4-11-6(3-9)8(7)10/h5-10H,3-4H2,1-2H3/t6-,7+,8-/m1/s1. The zero-order valence-electron chi connectivity index (χ0n) is 7.43. The van der Waals surface area contributed by atoms with Crippen LogP contribution in [0.3, 0.4) is 0 Å². The Morgan fingerprint density at radius 3 is 2.67 bits per heavy atom. The van der Waals surface area contributed by atoms with Crippen LogP contribution >= 0.6 is 0 Å². The van der Waals surface area contributed by atoms with E-state index in [4.69, 9.17) is 14.6 Å². The second kappa shape index (κ2) is 4.18. The molecule has 72 valence electrons. The molecule has 0 aromatic heterocycles. The van der Waals surface area contributed by atoms with Crippen LogP contribution in [0.15, 0.2) is 0 Å². The summed E-state index contributed by atoms with van der Waals surface area (Å²) in [6.07, 6.45) is -1.39. The van der Waals surface area contributed by atoms with Crippen LogP contribution < -0.4 is 0 Å². The highest BCUT2D eigenvalue weighted by Gasteiger charge is 2.36. The van der Waals surface area contributed by atoms with Crippen molar-refractivity contribution < 1.29 is 19.7 Å². The van der Waals surface area contributed by atoms with Gasteiger partial charge in [0.1, 0.15) is 18.3 Å². The van der Waals surface area contributed by atoms with E-state index < -0.39 is 12.2 Å². The highest BCUT2D eigenvalue weighted by molar-refractivity contribution is 4.84. The third-order valence-electron chi connectivity index (χ3n) is 1.86. The van der Waals surface area contributed by atoms with E-state index >= 15 is 0 Å². The fraction of sp³-hybridized carbons (Fsp3) is 1.00. The van der Waals surface area contributed by atoms with Gasteiger partial charge in [0, 0.05) is 0 Å². The van der Waals surface area contributed by atoms with E-state index in [2.05, 4.69) is 0 Å². The number of ether oxygens (including phenoxy) is 2. The third kappa shape index (κ3) is 2.17. The maximum atomic E-state index is 9.49. The van der Waals surface area contributed by atoms with Crippen LogP contribution in [0.4, 0.5) is 0 Å². The van der Waals surface area contributed by atoms with E-state index in [1.807, 2.05) is 13.8 Å². The van der Waals surface area contributed by atoms with E-state index in [-0.39, 0.29) is 18.8 Å². The van der Waals surface area contributed by atoms with Gasteiger partial charge in [0.05, 0.1) is 19.3 Å². The maximum Gasteiger partial charge on any atom is 0.111 e. The molecule has 0 aliphatic carbocycles. The lowest BCUT2D eigenvalue weighted by Crippen LogP contribution is -2.35. The molecule has 0 amide bonds. The van der Waals surface area contributed by atoms with Gasteiger partial charge in [-0.3, -0.25) is 0 Å². The lowest BCUT2D eigenvalue weighted by Gasteiger charge is -2.18. The van der Waals surface area contributed by atoms with Crippen molar-refractivity contribution in [1.29, 1.82) is 0 Å². The summed E-state index contributed by atoms with van der Waals surface area (Å²) in [6, 6.07) is 0. The van der Waals surface area contributed by atoms with Crippen molar-refractivity contribution in [1.82, 2.24) is 0 Å². The minimum absolute atomic E-state index is 0.0747. The van der Waals surface area contributed by atoms with Crippen LogP contribution in [-0.2, 0) is 9.47 Å². The Balaban J connectivity index is 2.38. The maximum absolute atomic E-state index is 9.49. The van der Waals surface area contributed by atoms with Gasteiger partial charge in [-0.25, -0.2) is 0 Å². The van der Waals surface area contributed by atoms with Crippen molar-refractivity contribution in [3.05, 3.63) is 0 Å². The topological polar surface area (TPSA) is 58.9 Å². The molecule has 4 nitrogen and oxygen atoms in total. The average Bonchev–Trinajstić information content (AvgIpc) is 2.32. The first-order valence-electron chi connectivity index (χ1n) is 4.21. The summed E-state index contributed by atoms with van der Waals surface area (Å²) in [6.45, 7) is 4.02. The summed E-state index contributed by atoms with van der Waals surface area (Å²) in [5, 5.41) is 18.2. The predicted molar refractivity (Wildman–Crippen MR) is 42.8 cm³/mol. The molecule has 3 atom stereocenters. The summed E-state index contributed by atoms with van der Waals surface area (Å²) in [5.41, 5.74) is 0. The fourth-order valence-corrected chi connectivity index (χ4v) is 1.29. The number of hydrogen-bond acceptors (Lipinski definition) is 4. The lowest BCUT2D eigenvalue weighted by atomic mass is 10.1. The molecule has 0 unspecified atom stereocenters. The van der Waals surface area contributed by atoms with Crippen molar-refractivity contribution >= 4 is 0 Å². The van der Waals surface area contributed by atoms with Crippen molar-refractivity contribution in [3.63, 3.8) is 0 Å². The predicted octanol–water partition coefficient (Wildman–Crippen LogP) is -0.468. The van der Waals surface area contributed by atoms with Crippen LogP contribution in [0.5, 0.6) is 0 Å². The molecular weight excluding hydrogens is 160 g/mol. The molecule has 0 aromatic rings. The summed E-state index contributed by atoms with van der Waals surface area (Å²) in [4.78, 5) is 0. The molecular formula is C8H16O4. The smallest absolute Gasteiger partial charge is 0.111 e. The minimum Gasteiger partial charge on any atom is -0.394 e. The lowest BCUT2D eigenvalue weighted by molar-refractivity contribution is -0.0505. The monoisotopic (exact) mass is 176 g/mol. The van der Waals surface area contributed by atoms with Crippen molar-refractivity contribution in [2.75, 3.05) is 13.2 Å². The van der Waals surface area contributed by atoms with Gasteiger partial charge in [-0.1, -0.05) is 0 Å². The molecule has 0 spiro atoms. The summed E-state index contributed by atoms with van der Waals surface area (Å²) in [7, 11) is 0. The molecule has 0 bridgehead atoms. The number of hydrogen-bond donors (Lipinski definition) is 2. The zero-order valence-corrected chi connectivity index (χ0v) is 7.43. The number of aliphatic hydroxyl groups is 2. The van der Waals surface area contributed by atoms with E-state index in [9.17, 15) is 5.11 Å². The highest BCUT2D eigenvalue weighted by Crippen LogP contribution is 2.17. The van der Waals surface area contributed by atoms with Gasteiger partial charge < -0.3 is 19.7 Å². The summed E-state index contributed by atoms with van der Waals surface area (Å²) in [5.74, 6) is 0. The van der Waals surface area contributed by atoms with Crippen LogP contribution in [0, 0.1) is 0 Å². The third-order valence-corrected chi connectivity index (χ3v) is 1.86. The van der Waals surface area contributed by atoms with Crippen molar-refractivity contribution in [2.24, 2.45) is 0 Å². The van der Waals surface area contributed by atoms with Crippen molar-refractivity contribution in [3.8, 4) is 0 Å². The minimum atomic E-state index is -0.697. The molecule has 12 heavy (non-hydrogen) atoms. The summed E-state index contributed by atoms with van der Waals surface area (Å²) >= 11 is 0.